The number of aromatic nitrogens is 4. The SMILES string of the molecule is O=c1c2sc3nccnc3c2nc(Nc2ccccc2)n1-c1ccccc1. The molecule has 0 saturated carbocycles. The van der Waals surface area contributed by atoms with Crippen molar-refractivity contribution in [3.05, 3.63) is 83.4 Å². The Labute approximate surface area is 157 Å². The Hall–Kier alpha value is -3.58. The highest BCUT2D eigenvalue weighted by atomic mass is 32.1. The van der Waals surface area contributed by atoms with E-state index in [9.17, 15) is 4.79 Å². The van der Waals surface area contributed by atoms with Gasteiger partial charge < -0.3 is 5.32 Å². The van der Waals surface area contributed by atoms with Crippen molar-refractivity contribution < 1.29 is 0 Å². The predicted octanol–water partition coefficient (Wildman–Crippen LogP) is 4.13. The second kappa shape index (κ2) is 6.30. The van der Waals surface area contributed by atoms with Gasteiger partial charge in [0.05, 0.1) is 5.69 Å². The first kappa shape index (κ1) is 15.7. The molecule has 27 heavy (non-hydrogen) atoms. The summed E-state index contributed by atoms with van der Waals surface area (Å²) in [5.41, 5.74) is 2.66. The van der Waals surface area contributed by atoms with Gasteiger partial charge in [0.1, 0.15) is 20.6 Å². The first-order chi connectivity index (χ1) is 13.3. The zero-order valence-corrected chi connectivity index (χ0v) is 14.9. The average Bonchev–Trinajstić information content (AvgIpc) is 3.09. The van der Waals surface area contributed by atoms with E-state index in [0.717, 1.165) is 11.4 Å². The molecule has 0 saturated heterocycles. The zero-order valence-electron chi connectivity index (χ0n) is 14.0. The Bertz CT molecular complexity index is 1310. The van der Waals surface area contributed by atoms with Crippen LogP contribution in [0.15, 0.2) is 77.9 Å². The number of nitrogens with one attached hydrogen (secondary N) is 1. The Morgan fingerprint density at radius 3 is 2.33 bits per heavy atom. The first-order valence-corrected chi connectivity index (χ1v) is 9.17. The normalized spacial score (nSPS) is 11.1. The molecule has 2 aromatic carbocycles. The molecule has 0 atom stereocenters. The van der Waals surface area contributed by atoms with Crippen LogP contribution in [-0.2, 0) is 0 Å². The van der Waals surface area contributed by atoms with E-state index >= 15 is 0 Å². The van der Waals surface area contributed by atoms with Crippen molar-refractivity contribution >= 4 is 43.5 Å². The second-order valence-electron chi connectivity index (χ2n) is 5.89. The molecule has 0 fully saturated rings. The maximum absolute atomic E-state index is 13.3. The van der Waals surface area contributed by atoms with E-state index in [4.69, 9.17) is 4.98 Å². The van der Waals surface area contributed by atoms with Gasteiger partial charge in [0.25, 0.3) is 5.56 Å². The lowest BCUT2D eigenvalue weighted by Crippen LogP contribution is -2.22. The molecule has 3 heterocycles. The van der Waals surface area contributed by atoms with E-state index in [1.807, 2.05) is 60.7 Å². The molecule has 6 nitrogen and oxygen atoms in total. The molecule has 5 rings (SSSR count). The third-order valence-corrected chi connectivity index (χ3v) is 5.24. The predicted molar refractivity (Wildman–Crippen MR) is 108 cm³/mol. The molecule has 5 aromatic rings. The van der Waals surface area contributed by atoms with Gasteiger partial charge in [-0.1, -0.05) is 36.4 Å². The van der Waals surface area contributed by atoms with Crippen LogP contribution < -0.4 is 10.9 Å². The van der Waals surface area contributed by atoms with Crippen molar-refractivity contribution in [2.75, 3.05) is 5.32 Å². The van der Waals surface area contributed by atoms with Crippen LogP contribution in [0.5, 0.6) is 0 Å². The number of rotatable bonds is 3. The van der Waals surface area contributed by atoms with Gasteiger partial charge in [-0.05, 0) is 24.3 Å². The molecule has 0 spiro atoms. The summed E-state index contributed by atoms with van der Waals surface area (Å²) in [7, 11) is 0. The summed E-state index contributed by atoms with van der Waals surface area (Å²) in [6.45, 7) is 0. The summed E-state index contributed by atoms with van der Waals surface area (Å²) < 4.78 is 2.13. The van der Waals surface area contributed by atoms with Crippen LogP contribution in [0.4, 0.5) is 11.6 Å². The third-order valence-electron chi connectivity index (χ3n) is 4.17. The molecule has 1 N–H and O–H groups in total. The molecule has 0 radical (unpaired) electrons. The van der Waals surface area contributed by atoms with Gasteiger partial charge in [-0.25, -0.2) is 19.5 Å². The van der Waals surface area contributed by atoms with Crippen LogP contribution in [0.1, 0.15) is 0 Å². The Balaban J connectivity index is 1.84. The molecule has 3 aromatic heterocycles. The number of fused-ring (bicyclic) bond motifs is 3. The van der Waals surface area contributed by atoms with Crippen LogP contribution >= 0.6 is 11.3 Å². The topological polar surface area (TPSA) is 72.7 Å². The minimum absolute atomic E-state index is 0.144. The van der Waals surface area contributed by atoms with Crippen LogP contribution in [0, 0.1) is 0 Å². The molecular weight excluding hydrogens is 358 g/mol. The lowest BCUT2D eigenvalue weighted by atomic mass is 10.3. The summed E-state index contributed by atoms with van der Waals surface area (Å²) in [6, 6.07) is 19.1. The van der Waals surface area contributed by atoms with E-state index in [1.54, 1.807) is 17.0 Å². The van der Waals surface area contributed by atoms with E-state index < -0.39 is 0 Å². The van der Waals surface area contributed by atoms with Gasteiger partial charge in [0.2, 0.25) is 5.95 Å². The quantitative estimate of drug-likeness (QED) is 0.516. The fraction of sp³-hybridized carbons (Fsp3) is 0. The second-order valence-corrected chi connectivity index (χ2v) is 6.89. The van der Waals surface area contributed by atoms with Crippen molar-refractivity contribution in [3.63, 3.8) is 0 Å². The van der Waals surface area contributed by atoms with Crippen LogP contribution in [-0.4, -0.2) is 19.5 Å². The van der Waals surface area contributed by atoms with Gasteiger partial charge in [-0.3, -0.25) is 4.79 Å². The zero-order chi connectivity index (χ0) is 18.2. The number of thiophene rings is 1. The van der Waals surface area contributed by atoms with E-state index in [-0.39, 0.29) is 5.56 Å². The maximum Gasteiger partial charge on any atom is 0.277 e. The van der Waals surface area contributed by atoms with E-state index in [0.29, 0.717) is 26.5 Å². The smallest absolute Gasteiger partial charge is 0.277 e. The minimum atomic E-state index is -0.144. The van der Waals surface area contributed by atoms with Crippen molar-refractivity contribution in [3.8, 4) is 5.69 Å². The number of para-hydroxylation sites is 2. The molecule has 0 aliphatic rings. The fourth-order valence-corrected chi connectivity index (χ4v) is 3.94. The lowest BCUT2D eigenvalue weighted by Gasteiger charge is -2.13. The highest BCUT2D eigenvalue weighted by molar-refractivity contribution is 7.25. The summed E-state index contributed by atoms with van der Waals surface area (Å²) >= 11 is 1.31. The molecule has 0 unspecified atom stereocenters. The highest BCUT2D eigenvalue weighted by Crippen LogP contribution is 2.29. The molecule has 0 aliphatic heterocycles. The molecule has 0 aliphatic carbocycles. The highest BCUT2D eigenvalue weighted by Gasteiger charge is 2.18. The summed E-state index contributed by atoms with van der Waals surface area (Å²) in [5.74, 6) is 0.440. The van der Waals surface area contributed by atoms with Crippen LogP contribution in [0.3, 0.4) is 0 Å². The fourth-order valence-electron chi connectivity index (χ4n) is 2.97. The number of benzene rings is 2. The Morgan fingerprint density at radius 2 is 1.56 bits per heavy atom. The van der Waals surface area contributed by atoms with E-state index in [1.165, 1.54) is 11.3 Å². The standard InChI is InChI=1S/C20H13N5OS/c26-19-17-15(16-18(27-17)22-12-11-21-16)24-20(23-13-7-3-1-4-8-13)25(19)14-9-5-2-6-10-14/h1-12H,(H,23,24). The van der Waals surface area contributed by atoms with Crippen molar-refractivity contribution in [1.29, 1.82) is 0 Å². The van der Waals surface area contributed by atoms with Crippen molar-refractivity contribution in [1.82, 2.24) is 19.5 Å². The minimum Gasteiger partial charge on any atom is -0.325 e. The molecule has 0 amide bonds. The Kier molecular flexibility index (Phi) is 3.65. The van der Waals surface area contributed by atoms with Gasteiger partial charge in [-0.15, -0.1) is 11.3 Å². The monoisotopic (exact) mass is 371 g/mol. The van der Waals surface area contributed by atoms with E-state index in [2.05, 4.69) is 15.3 Å². The summed E-state index contributed by atoms with van der Waals surface area (Å²) in [6.07, 6.45) is 3.24. The average molecular weight is 371 g/mol. The number of anilines is 2. The maximum atomic E-state index is 13.3. The van der Waals surface area contributed by atoms with Crippen LogP contribution in [0.2, 0.25) is 0 Å². The van der Waals surface area contributed by atoms with Crippen molar-refractivity contribution in [2.45, 2.75) is 0 Å². The molecular formula is C20H13N5OS. The summed E-state index contributed by atoms with van der Waals surface area (Å²) in [4.78, 5) is 27.5. The van der Waals surface area contributed by atoms with Gasteiger partial charge in [0.15, 0.2) is 0 Å². The lowest BCUT2D eigenvalue weighted by molar-refractivity contribution is 0.978. The van der Waals surface area contributed by atoms with Gasteiger partial charge in [0, 0.05) is 18.1 Å². The van der Waals surface area contributed by atoms with Gasteiger partial charge in [-0.2, -0.15) is 0 Å². The first-order valence-electron chi connectivity index (χ1n) is 8.35. The number of nitrogens with zero attached hydrogens (tertiary/aromatic N) is 4. The van der Waals surface area contributed by atoms with Crippen LogP contribution in [0.25, 0.3) is 26.3 Å². The third kappa shape index (κ3) is 2.65. The molecule has 0 bridgehead atoms. The summed E-state index contributed by atoms with van der Waals surface area (Å²) in [5, 5.41) is 3.27. The number of hydrogen-bond acceptors (Lipinski definition) is 6. The number of hydrogen-bond donors (Lipinski definition) is 1. The Morgan fingerprint density at radius 1 is 0.852 bits per heavy atom. The largest absolute Gasteiger partial charge is 0.325 e. The molecule has 130 valence electrons. The van der Waals surface area contributed by atoms with Gasteiger partial charge >= 0.3 is 0 Å². The van der Waals surface area contributed by atoms with Crippen molar-refractivity contribution in [2.24, 2.45) is 0 Å². The molecule has 7 heteroatoms.